The van der Waals surface area contributed by atoms with E-state index in [1.165, 1.54) is 13.8 Å². The Morgan fingerprint density at radius 2 is 1.35 bits per heavy atom. The molecule has 0 radical (unpaired) electrons. The highest BCUT2D eigenvalue weighted by Gasteiger charge is 2.22. The Labute approximate surface area is 95.0 Å². The second-order valence-corrected chi connectivity index (χ2v) is 3.74. The molecule has 1 aromatic heterocycles. The molecule has 6 heteroatoms. The molecule has 4 N–H and O–H groups in total. The molecular formula is C11H10O6. The Bertz CT molecular complexity index is 683. The molecule has 0 saturated heterocycles. The van der Waals surface area contributed by atoms with Gasteiger partial charge in [0.1, 0.15) is 16.9 Å². The number of benzene rings is 1. The maximum atomic E-state index is 11.3. The summed E-state index contributed by atoms with van der Waals surface area (Å²) in [6, 6.07) is 0. The van der Waals surface area contributed by atoms with E-state index in [0.29, 0.717) is 0 Å². The Balaban J connectivity index is 3.18. The van der Waals surface area contributed by atoms with Crippen molar-refractivity contribution in [1.82, 2.24) is 0 Å². The Morgan fingerprint density at radius 1 is 0.824 bits per heavy atom. The van der Waals surface area contributed by atoms with Crippen LogP contribution in [0.25, 0.3) is 11.0 Å². The lowest BCUT2D eigenvalue weighted by molar-refractivity contribution is 0.384. The number of aromatic hydroxyl groups is 4. The summed E-state index contributed by atoms with van der Waals surface area (Å²) in [5, 5.41) is 38.4. The summed E-state index contributed by atoms with van der Waals surface area (Å²) in [4.78, 5) is 11.3. The summed E-state index contributed by atoms with van der Waals surface area (Å²) in [5.74, 6) is -2.21. The van der Waals surface area contributed by atoms with Crippen molar-refractivity contribution in [3.8, 4) is 23.0 Å². The minimum Gasteiger partial charge on any atom is -0.507 e. The molecule has 1 aromatic carbocycles. The molecule has 90 valence electrons. The van der Waals surface area contributed by atoms with Crippen molar-refractivity contribution in [3.63, 3.8) is 0 Å². The Hall–Kier alpha value is -2.37. The van der Waals surface area contributed by atoms with Gasteiger partial charge in [0.15, 0.2) is 11.3 Å². The van der Waals surface area contributed by atoms with Crippen LogP contribution in [-0.4, -0.2) is 20.4 Å². The fraction of sp³-hybridized carbons (Fsp3) is 0.182. The van der Waals surface area contributed by atoms with Crippen LogP contribution in [0.3, 0.4) is 0 Å². The summed E-state index contributed by atoms with van der Waals surface area (Å²) in [6.07, 6.45) is 0. The molecule has 0 amide bonds. The molecule has 0 fully saturated rings. The highest BCUT2D eigenvalue weighted by Crippen LogP contribution is 2.46. The van der Waals surface area contributed by atoms with E-state index in [-0.39, 0.29) is 16.5 Å². The first kappa shape index (κ1) is 11.1. The zero-order valence-corrected chi connectivity index (χ0v) is 9.11. The molecule has 0 aliphatic rings. The largest absolute Gasteiger partial charge is 0.507 e. The van der Waals surface area contributed by atoms with Crippen LogP contribution in [0.15, 0.2) is 9.21 Å². The van der Waals surface area contributed by atoms with E-state index in [1.807, 2.05) is 0 Å². The van der Waals surface area contributed by atoms with E-state index in [2.05, 4.69) is 0 Å². The quantitative estimate of drug-likeness (QED) is 0.312. The fourth-order valence-electron chi connectivity index (χ4n) is 1.58. The van der Waals surface area contributed by atoms with Crippen molar-refractivity contribution in [2.75, 3.05) is 0 Å². The van der Waals surface area contributed by atoms with Gasteiger partial charge < -0.3 is 24.8 Å². The lowest BCUT2D eigenvalue weighted by Gasteiger charge is -2.10. The van der Waals surface area contributed by atoms with Crippen LogP contribution < -0.4 is 5.63 Å². The van der Waals surface area contributed by atoms with Gasteiger partial charge >= 0.3 is 5.63 Å². The molecule has 1 heterocycles. The van der Waals surface area contributed by atoms with Gasteiger partial charge in [-0.2, -0.15) is 0 Å². The standard InChI is InChI=1S/C11H10O6/c1-3-6(12)5-7(13)4(2)11(16)17-10(5)9(15)8(3)14/h12-15H,1-2H3. The van der Waals surface area contributed by atoms with Crippen molar-refractivity contribution in [1.29, 1.82) is 0 Å². The molecule has 0 bridgehead atoms. The summed E-state index contributed by atoms with van der Waals surface area (Å²) in [5.41, 5.74) is -1.40. The van der Waals surface area contributed by atoms with Crippen LogP contribution in [0, 0.1) is 13.8 Å². The first-order chi connectivity index (χ1) is 7.86. The van der Waals surface area contributed by atoms with Crippen molar-refractivity contribution in [2.24, 2.45) is 0 Å². The summed E-state index contributed by atoms with van der Waals surface area (Å²) in [6.45, 7) is 2.67. The summed E-state index contributed by atoms with van der Waals surface area (Å²) < 4.78 is 4.74. The van der Waals surface area contributed by atoms with E-state index in [4.69, 9.17) is 4.42 Å². The summed E-state index contributed by atoms with van der Waals surface area (Å²) in [7, 11) is 0. The number of hydrogen-bond donors (Lipinski definition) is 4. The number of fused-ring (bicyclic) bond motifs is 1. The van der Waals surface area contributed by atoms with Gasteiger partial charge in [0.25, 0.3) is 0 Å². The van der Waals surface area contributed by atoms with E-state index >= 15 is 0 Å². The maximum Gasteiger partial charge on any atom is 0.343 e. The highest BCUT2D eigenvalue weighted by atomic mass is 16.4. The van der Waals surface area contributed by atoms with Crippen LogP contribution >= 0.6 is 0 Å². The Kier molecular flexibility index (Phi) is 2.17. The van der Waals surface area contributed by atoms with E-state index in [1.54, 1.807) is 0 Å². The van der Waals surface area contributed by atoms with Crippen molar-refractivity contribution >= 4 is 11.0 Å². The molecule has 0 aliphatic carbocycles. The van der Waals surface area contributed by atoms with Crippen LogP contribution in [0.5, 0.6) is 23.0 Å². The SMILES string of the molecule is Cc1c(O)c(O)c2oc(=O)c(C)c(O)c2c1O. The lowest BCUT2D eigenvalue weighted by Crippen LogP contribution is -2.03. The van der Waals surface area contributed by atoms with Crippen LogP contribution in [0.1, 0.15) is 11.1 Å². The predicted molar refractivity (Wildman–Crippen MR) is 58.6 cm³/mol. The molecule has 17 heavy (non-hydrogen) atoms. The van der Waals surface area contributed by atoms with E-state index < -0.39 is 34.2 Å². The third kappa shape index (κ3) is 1.30. The molecule has 6 nitrogen and oxygen atoms in total. The predicted octanol–water partition coefficient (Wildman–Crippen LogP) is 1.23. The van der Waals surface area contributed by atoms with Crippen LogP contribution in [-0.2, 0) is 0 Å². The first-order valence-corrected chi connectivity index (χ1v) is 4.76. The normalized spacial score (nSPS) is 10.9. The molecule has 0 aliphatic heterocycles. The molecule has 0 atom stereocenters. The molecule has 0 unspecified atom stereocenters. The lowest BCUT2D eigenvalue weighted by atomic mass is 10.1. The number of phenolic OH excluding ortho intramolecular Hbond substituents is 3. The minimum atomic E-state index is -0.854. The van der Waals surface area contributed by atoms with E-state index in [9.17, 15) is 25.2 Å². The second kappa shape index (κ2) is 3.31. The minimum absolute atomic E-state index is 0.0152. The third-order valence-corrected chi connectivity index (χ3v) is 2.71. The van der Waals surface area contributed by atoms with Crippen molar-refractivity contribution in [3.05, 3.63) is 21.5 Å². The highest BCUT2D eigenvalue weighted by molar-refractivity contribution is 5.96. The monoisotopic (exact) mass is 238 g/mol. The number of hydrogen-bond acceptors (Lipinski definition) is 6. The second-order valence-electron chi connectivity index (χ2n) is 3.74. The van der Waals surface area contributed by atoms with Gasteiger partial charge in [-0.25, -0.2) is 4.79 Å². The van der Waals surface area contributed by atoms with Gasteiger partial charge in [0.2, 0.25) is 5.75 Å². The van der Waals surface area contributed by atoms with Crippen molar-refractivity contribution in [2.45, 2.75) is 13.8 Å². The zero-order valence-electron chi connectivity index (χ0n) is 9.11. The van der Waals surface area contributed by atoms with Gasteiger partial charge in [-0.3, -0.25) is 0 Å². The van der Waals surface area contributed by atoms with Gasteiger partial charge in [-0.05, 0) is 13.8 Å². The van der Waals surface area contributed by atoms with Crippen LogP contribution in [0.2, 0.25) is 0 Å². The summed E-state index contributed by atoms with van der Waals surface area (Å²) >= 11 is 0. The number of rotatable bonds is 0. The third-order valence-electron chi connectivity index (χ3n) is 2.71. The fourth-order valence-corrected chi connectivity index (χ4v) is 1.58. The van der Waals surface area contributed by atoms with E-state index in [0.717, 1.165) is 0 Å². The molecule has 2 aromatic rings. The maximum absolute atomic E-state index is 11.3. The number of phenols is 3. The zero-order chi connectivity index (χ0) is 12.9. The molecular weight excluding hydrogens is 228 g/mol. The smallest absolute Gasteiger partial charge is 0.343 e. The first-order valence-electron chi connectivity index (χ1n) is 4.76. The van der Waals surface area contributed by atoms with Gasteiger partial charge in [-0.1, -0.05) is 0 Å². The average molecular weight is 238 g/mol. The van der Waals surface area contributed by atoms with Crippen LogP contribution in [0.4, 0.5) is 0 Å². The molecule has 0 saturated carbocycles. The average Bonchev–Trinajstić information content (AvgIpc) is 2.30. The Morgan fingerprint density at radius 3 is 1.94 bits per heavy atom. The van der Waals surface area contributed by atoms with Crippen molar-refractivity contribution < 1.29 is 24.8 Å². The molecule has 0 spiro atoms. The van der Waals surface area contributed by atoms with Gasteiger partial charge in [0, 0.05) is 5.56 Å². The molecule has 2 rings (SSSR count). The van der Waals surface area contributed by atoms with Gasteiger partial charge in [0.05, 0.1) is 5.56 Å². The topological polar surface area (TPSA) is 111 Å². The van der Waals surface area contributed by atoms with Gasteiger partial charge in [-0.15, -0.1) is 0 Å².